The van der Waals surface area contributed by atoms with Crippen LogP contribution in [0.2, 0.25) is 0 Å². The number of benzene rings is 1. The summed E-state index contributed by atoms with van der Waals surface area (Å²) in [4.78, 5) is 2.41. The third-order valence-corrected chi connectivity index (χ3v) is 3.78. The van der Waals surface area contributed by atoms with Gasteiger partial charge in [0, 0.05) is 12.1 Å². The number of nitrogens with zero attached hydrogens (tertiary/aromatic N) is 1. The smallest absolute Gasteiger partial charge is 0.123 e. The molecule has 1 saturated heterocycles. The summed E-state index contributed by atoms with van der Waals surface area (Å²) in [5.41, 5.74) is 1.24. The second kappa shape index (κ2) is 6.76. The van der Waals surface area contributed by atoms with Crippen LogP contribution in [0.3, 0.4) is 0 Å². The Morgan fingerprint density at radius 3 is 2.72 bits per heavy atom. The summed E-state index contributed by atoms with van der Waals surface area (Å²) in [5.74, 6) is 1.81. The topological polar surface area (TPSA) is 24.5 Å². The maximum absolute atomic E-state index is 5.36. The molecule has 0 aromatic heterocycles. The lowest BCUT2D eigenvalue weighted by atomic mass is 9.97. The van der Waals surface area contributed by atoms with Crippen molar-refractivity contribution in [2.24, 2.45) is 5.92 Å². The number of piperidine rings is 1. The molecule has 1 heterocycles. The van der Waals surface area contributed by atoms with Crippen LogP contribution in [0, 0.1) is 5.92 Å². The third-order valence-electron chi connectivity index (χ3n) is 3.78. The van der Waals surface area contributed by atoms with E-state index in [1.165, 1.54) is 31.5 Å². The van der Waals surface area contributed by atoms with Crippen molar-refractivity contribution in [3.63, 3.8) is 0 Å². The molecule has 1 aromatic carbocycles. The average Bonchev–Trinajstić information content (AvgIpc) is 2.41. The quantitative estimate of drug-likeness (QED) is 0.864. The largest absolute Gasteiger partial charge is 0.496 e. The highest BCUT2D eigenvalue weighted by atomic mass is 16.5. The van der Waals surface area contributed by atoms with Crippen molar-refractivity contribution < 1.29 is 4.74 Å². The number of hydrogen-bond acceptors (Lipinski definition) is 3. The number of rotatable bonds is 5. The van der Waals surface area contributed by atoms with Gasteiger partial charge in [0.15, 0.2) is 0 Å². The molecule has 3 nitrogen and oxygen atoms in total. The normalized spacial score (nSPS) is 17.9. The Morgan fingerprint density at radius 1 is 1.28 bits per heavy atom. The molecule has 2 rings (SSSR count). The van der Waals surface area contributed by atoms with Crippen LogP contribution in [-0.2, 0) is 6.54 Å². The molecular formula is C15H24N2O. The molecule has 0 saturated carbocycles. The summed E-state index contributed by atoms with van der Waals surface area (Å²) in [6.07, 6.45) is 2.63. The highest BCUT2D eigenvalue weighted by molar-refractivity contribution is 5.32. The van der Waals surface area contributed by atoms with Gasteiger partial charge in [-0.05, 0) is 51.5 Å². The monoisotopic (exact) mass is 248 g/mol. The summed E-state index contributed by atoms with van der Waals surface area (Å²) in [5, 5.41) is 3.56. The van der Waals surface area contributed by atoms with Gasteiger partial charge < -0.3 is 15.0 Å². The van der Waals surface area contributed by atoms with E-state index in [9.17, 15) is 0 Å². The minimum atomic E-state index is 0.830. The lowest BCUT2D eigenvalue weighted by molar-refractivity contribution is 0.216. The summed E-state index contributed by atoms with van der Waals surface area (Å²) in [6.45, 7) is 4.49. The van der Waals surface area contributed by atoms with Crippen LogP contribution in [0.25, 0.3) is 0 Å². The van der Waals surface area contributed by atoms with Crippen LogP contribution in [0.15, 0.2) is 24.3 Å². The molecule has 18 heavy (non-hydrogen) atoms. The lowest BCUT2D eigenvalue weighted by Crippen LogP contribution is -2.34. The predicted octanol–water partition coefficient (Wildman–Crippen LogP) is 2.13. The van der Waals surface area contributed by atoms with Crippen molar-refractivity contribution >= 4 is 0 Å². The van der Waals surface area contributed by atoms with Gasteiger partial charge in [-0.25, -0.2) is 0 Å². The minimum Gasteiger partial charge on any atom is -0.496 e. The molecule has 1 aliphatic rings. The van der Waals surface area contributed by atoms with Crippen molar-refractivity contribution in [3.05, 3.63) is 29.8 Å². The Hall–Kier alpha value is -1.06. The average molecular weight is 248 g/mol. The van der Waals surface area contributed by atoms with E-state index in [4.69, 9.17) is 4.74 Å². The number of nitrogens with one attached hydrogen (secondary N) is 1. The van der Waals surface area contributed by atoms with Gasteiger partial charge in [0.05, 0.1) is 7.11 Å². The van der Waals surface area contributed by atoms with E-state index >= 15 is 0 Å². The fourth-order valence-electron chi connectivity index (χ4n) is 2.53. The third kappa shape index (κ3) is 3.72. The Kier molecular flexibility index (Phi) is 5.02. The Labute approximate surface area is 110 Å². The first-order chi connectivity index (χ1) is 8.79. The molecule has 1 aliphatic heterocycles. The van der Waals surface area contributed by atoms with Crippen LogP contribution in [0.1, 0.15) is 18.4 Å². The Balaban J connectivity index is 1.75. The zero-order chi connectivity index (χ0) is 12.8. The van der Waals surface area contributed by atoms with Crippen molar-refractivity contribution in [2.75, 3.05) is 33.8 Å². The molecule has 0 unspecified atom stereocenters. The van der Waals surface area contributed by atoms with E-state index in [1.807, 2.05) is 12.1 Å². The van der Waals surface area contributed by atoms with E-state index in [0.717, 1.165) is 24.8 Å². The summed E-state index contributed by atoms with van der Waals surface area (Å²) < 4.78 is 5.36. The van der Waals surface area contributed by atoms with Gasteiger partial charge in [-0.2, -0.15) is 0 Å². The molecule has 100 valence electrons. The van der Waals surface area contributed by atoms with Crippen molar-refractivity contribution in [3.8, 4) is 5.75 Å². The van der Waals surface area contributed by atoms with Crippen LogP contribution >= 0.6 is 0 Å². The van der Waals surface area contributed by atoms with Gasteiger partial charge in [0.2, 0.25) is 0 Å². The standard InChI is InChI=1S/C15H24N2O/c1-17-9-7-13(8-10-17)11-16-12-14-5-3-4-6-15(14)18-2/h3-6,13,16H,7-12H2,1-2H3. The minimum absolute atomic E-state index is 0.830. The summed E-state index contributed by atoms with van der Waals surface area (Å²) >= 11 is 0. The molecular weight excluding hydrogens is 224 g/mol. The summed E-state index contributed by atoms with van der Waals surface area (Å²) in [6, 6.07) is 8.22. The second-order valence-electron chi connectivity index (χ2n) is 5.19. The SMILES string of the molecule is COc1ccccc1CNCC1CCN(C)CC1. The van der Waals surface area contributed by atoms with Crippen LogP contribution in [-0.4, -0.2) is 38.7 Å². The van der Waals surface area contributed by atoms with Gasteiger partial charge in [0.1, 0.15) is 5.75 Å². The zero-order valence-corrected chi connectivity index (χ0v) is 11.5. The van der Waals surface area contributed by atoms with Crippen LogP contribution < -0.4 is 10.1 Å². The van der Waals surface area contributed by atoms with E-state index in [0.29, 0.717) is 0 Å². The lowest BCUT2D eigenvalue weighted by Gasteiger charge is -2.29. The van der Waals surface area contributed by atoms with Crippen LogP contribution in [0.5, 0.6) is 5.75 Å². The van der Waals surface area contributed by atoms with E-state index in [1.54, 1.807) is 7.11 Å². The fourth-order valence-corrected chi connectivity index (χ4v) is 2.53. The highest BCUT2D eigenvalue weighted by Gasteiger charge is 2.16. The molecule has 0 aliphatic carbocycles. The summed E-state index contributed by atoms with van der Waals surface area (Å²) in [7, 11) is 3.94. The molecule has 0 bridgehead atoms. The van der Waals surface area contributed by atoms with E-state index in [-0.39, 0.29) is 0 Å². The number of hydrogen-bond donors (Lipinski definition) is 1. The van der Waals surface area contributed by atoms with Gasteiger partial charge in [-0.1, -0.05) is 18.2 Å². The van der Waals surface area contributed by atoms with Crippen LogP contribution in [0.4, 0.5) is 0 Å². The molecule has 1 aromatic rings. The Morgan fingerprint density at radius 2 is 2.00 bits per heavy atom. The maximum atomic E-state index is 5.36. The highest BCUT2D eigenvalue weighted by Crippen LogP contribution is 2.18. The molecule has 0 spiro atoms. The predicted molar refractivity (Wildman–Crippen MR) is 74.9 cm³/mol. The molecule has 3 heteroatoms. The molecule has 1 fully saturated rings. The number of methoxy groups -OCH3 is 1. The van der Waals surface area contributed by atoms with Gasteiger partial charge in [-0.3, -0.25) is 0 Å². The van der Waals surface area contributed by atoms with E-state index in [2.05, 4.69) is 29.4 Å². The van der Waals surface area contributed by atoms with Gasteiger partial charge in [0.25, 0.3) is 0 Å². The van der Waals surface area contributed by atoms with Gasteiger partial charge >= 0.3 is 0 Å². The van der Waals surface area contributed by atoms with Crippen molar-refractivity contribution in [2.45, 2.75) is 19.4 Å². The molecule has 0 radical (unpaired) electrons. The van der Waals surface area contributed by atoms with Crippen molar-refractivity contribution in [1.82, 2.24) is 10.2 Å². The Bertz CT molecular complexity index is 359. The maximum Gasteiger partial charge on any atom is 0.123 e. The van der Waals surface area contributed by atoms with Gasteiger partial charge in [-0.15, -0.1) is 0 Å². The fraction of sp³-hybridized carbons (Fsp3) is 0.600. The van der Waals surface area contributed by atoms with E-state index < -0.39 is 0 Å². The molecule has 1 N–H and O–H groups in total. The first-order valence-electron chi connectivity index (χ1n) is 6.80. The van der Waals surface area contributed by atoms with Crippen molar-refractivity contribution in [1.29, 1.82) is 0 Å². The number of ether oxygens (including phenoxy) is 1. The zero-order valence-electron chi connectivity index (χ0n) is 11.5. The first kappa shape index (κ1) is 13.4. The number of likely N-dealkylation sites (tertiary alicyclic amines) is 1. The molecule has 0 atom stereocenters. The molecule has 0 amide bonds. The first-order valence-corrected chi connectivity index (χ1v) is 6.80. The number of para-hydroxylation sites is 1. The second-order valence-corrected chi connectivity index (χ2v) is 5.19.